The monoisotopic (exact) mass is 371 g/mol. The number of halogens is 1. The molecule has 0 saturated carbocycles. The van der Waals surface area contributed by atoms with Crippen LogP contribution in [0.1, 0.15) is 21.5 Å². The van der Waals surface area contributed by atoms with Crippen molar-refractivity contribution in [2.24, 2.45) is 0 Å². The van der Waals surface area contributed by atoms with Crippen molar-refractivity contribution in [2.75, 3.05) is 19.1 Å². The number of anilines is 1. The number of likely N-dealkylation sites (N-methyl/N-ethyl adjacent to an activating group) is 1. The van der Waals surface area contributed by atoms with E-state index >= 15 is 0 Å². The van der Waals surface area contributed by atoms with Crippen LogP contribution >= 0.6 is 15.9 Å². The zero-order chi connectivity index (χ0) is 16.6. The molecule has 0 spiro atoms. The smallest absolute Gasteiger partial charge is 0.337 e. The highest BCUT2D eigenvalue weighted by Crippen LogP contribution is 2.38. The first-order valence-corrected chi connectivity index (χ1v) is 7.78. The summed E-state index contributed by atoms with van der Waals surface area (Å²) in [4.78, 5) is 25.6. The number of fused-ring (bicyclic) bond motifs is 1. The van der Waals surface area contributed by atoms with Crippen molar-refractivity contribution in [3.8, 4) is 0 Å². The second kappa shape index (κ2) is 6.01. The van der Waals surface area contributed by atoms with E-state index in [1.54, 1.807) is 36.2 Å². The maximum absolute atomic E-state index is 12.5. The summed E-state index contributed by atoms with van der Waals surface area (Å²) in [6.45, 7) is 0. The number of amides is 1. The second-order valence-electron chi connectivity index (χ2n) is 5.20. The van der Waals surface area contributed by atoms with E-state index in [1.165, 1.54) is 7.11 Å². The fourth-order valence-electron chi connectivity index (χ4n) is 2.56. The SMILES string of the molecule is COC(=O)c1ccc(/C=C2\C(=O)N(C)c3ccc(Br)cc32)cc1. The molecule has 1 aliphatic rings. The van der Waals surface area contributed by atoms with Gasteiger partial charge in [0.05, 0.1) is 18.4 Å². The van der Waals surface area contributed by atoms with Crippen molar-refractivity contribution in [1.29, 1.82) is 0 Å². The van der Waals surface area contributed by atoms with Crippen molar-refractivity contribution in [1.82, 2.24) is 0 Å². The molecule has 0 fully saturated rings. The number of methoxy groups -OCH3 is 1. The van der Waals surface area contributed by atoms with E-state index in [0.717, 1.165) is 21.3 Å². The lowest BCUT2D eigenvalue weighted by atomic mass is 10.0. The topological polar surface area (TPSA) is 46.6 Å². The van der Waals surface area contributed by atoms with Crippen molar-refractivity contribution in [3.63, 3.8) is 0 Å². The lowest BCUT2D eigenvalue weighted by molar-refractivity contribution is -0.112. The molecule has 1 amide bonds. The molecule has 0 saturated heterocycles. The molecule has 0 bridgehead atoms. The third-order valence-corrected chi connectivity index (χ3v) is 4.28. The van der Waals surface area contributed by atoms with Crippen LogP contribution in [0.2, 0.25) is 0 Å². The van der Waals surface area contributed by atoms with E-state index < -0.39 is 0 Å². The van der Waals surface area contributed by atoms with E-state index in [0.29, 0.717) is 11.1 Å². The summed E-state index contributed by atoms with van der Waals surface area (Å²) in [5.74, 6) is -0.426. The van der Waals surface area contributed by atoms with Gasteiger partial charge in [0.15, 0.2) is 0 Å². The average molecular weight is 372 g/mol. The van der Waals surface area contributed by atoms with E-state index in [-0.39, 0.29) is 11.9 Å². The number of nitrogens with zero attached hydrogens (tertiary/aromatic N) is 1. The molecule has 0 unspecified atom stereocenters. The summed E-state index contributed by atoms with van der Waals surface area (Å²) in [6, 6.07) is 12.7. The van der Waals surface area contributed by atoms with Gasteiger partial charge in [0.1, 0.15) is 0 Å². The van der Waals surface area contributed by atoms with Gasteiger partial charge in [-0.2, -0.15) is 0 Å². The van der Waals surface area contributed by atoms with Gasteiger partial charge in [-0.05, 0) is 42.0 Å². The van der Waals surface area contributed by atoms with Crippen LogP contribution in [0.15, 0.2) is 46.9 Å². The maximum Gasteiger partial charge on any atom is 0.337 e. The Kier molecular flexibility index (Phi) is 4.05. The van der Waals surface area contributed by atoms with E-state index in [1.807, 2.05) is 24.3 Å². The molecule has 1 heterocycles. The molecule has 0 aliphatic carbocycles. The number of carbonyl (C=O) groups is 2. The first kappa shape index (κ1) is 15.5. The molecule has 5 heteroatoms. The van der Waals surface area contributed by atoms with E-state index in [4.69, 9.17) is 0 Å². The molecule has 3 rings (SSSR count). The summed E-state index contributed by atoms with van der Waals surface area (Å²) in [7, 11) is 3.11. The van der Waals surface area contributed by atoms with E-state index in [2.05, 4.69) is 20.7 Å². The molecule has 2 aromatic carbocycles. The van der Waals surface area contributed by atoms with Crippen LogP contribution < -0.4 is 4.90 Å². The lowest BCUT2D eigenvalue weighted by Gasteiger charge is -2.08. The van der Waals surface area contributed by atoms with Crippen LogP contribution in [0.3, 0.4) is 0 Å². The molecule has 0 atom stereocenters. The fraction of sp³-hybridized carbons (Fsp3) is 0.111. The van der Waals surface area contributed by atoms with Gasteiger partial charge in [0, 0.05) is 22.7 Å². The normalized spacial score (nSPS) is 15.0. The minimum absolute atomic E-state index is 0.0462. The van der Waals surface area contributed by atoms with Crippen LogP contribution in [0.5, 0.6) is 0 Å². The van der Waals surface area contributed by atoms with Gasteiger partial charge in [0.25, 0.3) is 5.91 Å². The molecule has 0 N–H and O–H groups in total. The van der Waals surface area contributed by atoms with Crippen molar-refractivity contribution < 1.29 is 14.3 Å². The Balaban J connectivity index is 2.01. The number of hydrogen-bond donors (Lipinski definition) is 0. The maximum atomic E-state index is 12.5. The zero-order valence-electron chi connectivity index (χ0n) is 12.7. The van der Waals surface area contributed by atoms with Gasteiger partial charge < -0.3 is 9.64 Å². The predicted molar refractivity (Wildman–Crippen MR) is 93.2 cm³/mol. The molecule has 0 aromatic heterocycles. The Labute approximate surface area is 142 Å². The molecule has 1 aliphatic heterocycles. The van der Waals surface area contributed by atoms with Gasteiger partial charge in [0.2, 0.25) is 0 Å². The van der Waals surface area contributed by atoms with Crippen molar-refractivity contribution in [2.45, 2.75) is 0 Å². The number of carbonyl (C=O) groups excluding carboxylic acids is 2. The van der Waals surface area contributed by atoms with Crippen LogP contribution in [0.25, 0.3) is 11.6 Å². The van der Waals surface area contributed by atoms with Gasteiger partial charge in [-0.25, -0.2) is 4.79 Å². The predicted octanol–water partition coefficient (Wildman–Crippen LogP) is 3.75. The Morgan fingerprint density at radius 1 is 1.17 bits per heavy atom. The largest absolute Gasteiger partial charge is 0.465 e. The number of rotatable bonds is 2. The highest BCUT2D eigenvalue weighted by atomic mass is 79.9. The summed E-state index contributed by atoms with van der Waals surface area (Å²) >= 11 is 3.44. The van der Waals surface area contributed by atoms with Gasteiger partial charge in [-0.15, -0.1) is 0 Å². The minimum Gasteiger partial charge on any atom is -0.465 e. The van der Waals surface area contributed by atoms with Crippen LogP contribution in [-0.2, 0) is 9.53 Å². The zero-order valence-corrected chi connectivity index (χ0v) is 14.3. The lowest BCUT2D eigenvalue weighted by Crippen LogP contribution is -2.20. The Bertz CT molecular complexity index is 825. The number of hydrogen-bond acceptors (Lipinski definition) is 3. The first-order chi connectivity index (χ1) is 11.0. The summed E-state index contributed by atoms with van der Waals surface area (Å²) in [6.07, 6.45) is 1.83. The van der Waals surface area contributed by atoms with Gasteiger partial charge in [-0.3, -0.25) is 4.79 Å². The second-order valence-corrected chi connectivity index (χ2v) is 6.11. The molecular formula is C18H14BrNO3. The number of esters is 1. The molecular weight excluding hydrogens is 358 g/mol. The fourth-order valence-corrected chi connectivity index (χ4v) is 2.92. The quantitative estimate of drug-likeness (QED) is 0.596. The molecule has 0 radical (unpaired) electrons. The number of ether oxygens (including phenoxy) is 1. The Hall–Kier alpha value is -2.40. The van der Waals surface area contributed by atoms with Crippen molar-refractivity contribution in [3.05, 3.63) is 63.6 Å². The number of benzene rings is 2. The average Bonchev–Trinajstić information content (AvgIpc) is 2.79. The van der Waals surface area contributed by atoms with Crippen LogP contribution in [0, 0.1) is 0 Å². The van der Waals surface area contributed by atoms with Gasteiger partial charge in [-0.1, -0.05) is 28.1 Å². The summed E-state index contributed by atoms with van der Waals surface area (Å²) in [5.41, 5.74) is 3.74. The van der Waals surface area contributed by atoms with Crippen LogP contribution in [0.4, 0.5) is 5.69 Å². The molecule has 23 heavy (non-hydrogen) atoms. The standard InChI is InChI=1S/C18H14BrNO3/c1-20-16-8-7-13(19)10-14(16)15(17(20)21)9-11-3-5-12(6-4-11)18(22)23-2/h3-10H,1-2H3/b15-9-. The van der Waals surface area contributed by atoms with Crippen molar-refractivity contribution >= 4 is 45.1 Å². The van der Waals surface area contributed by atoms with E-state index in [9.17, 15) is 9.59 Å². The Morgan fingerprint density at radius 3 is 2.52 bits per heavy atom. The summed E-state index contributed by atoms with van der Waals surface area (Å²) in [5, 5.41) is 0. The molecule has 4 nitrogen and oxygen atoms in total. The van der Waals surface area contributed by atoms with Gasteiger partial charge >= 0.3 is 5.97 Å². The summed E-state index contributed by atoms with van der Waals surface area (Å²) < 4.78 is 5.60. The third kappa shape index (κ3) is 2.80. The molecule has 116 valence electrons. The Morgan fingerprint density at radius 2 is 1.87 bits per heavy atom. The highest BCUT2D eigenvalue weighted by Gasteiger charge is 2.29. The molecule has 2 aromatic rings. The highest BCUT2D eigenvalue weighted by molar-refractivity contribution is 9.10. The van der Waals surface area contributed by atoms with Crippen LogP contribution in [-0.4, -0.2) is 26.0 Å². The third-order valence-electron chi connectivity index (χ3n) is 3.79. The first-order valence-electron chi connectivity index (χ1n) is 6.99. The minimum atomic E-state index is -0.379.